The molecule has 2 aromatic heterocycles. The van der Waals surface area contributed by atoms with E-state index in [0.29, 0.717) is 22.4 Å². The van der Waals surface area contributed by atoms with Crippen LogP contribution < -0.4 is 5.84 Å². The second-order valence-corrected chi connectivity index (χ2v) is 4.55. The maximum atomic E-state index is 10.9. The summed E-state index contributed by atoms with van der Waals surface area (Å²) in [5, 5.41) is 15.2. The number of H-pyrrole nitrogens is 1. The minimum atomic E-state index is 0.0650. The summed E-state index contributed by atoms with van der Waals surface area (Å²) in [4.78, 5) is 10.9. The van der Waals surface area contributed by atoms with Crippen LogP contribution in [0.4, 0.5) is 0 Å². The van der Waals surface area contributed by atoms with Crippen molar-refractivity contribution in [1.29, 1.82) is 0 Å². The van der Waals surface area contributed by atoms with Crippen molar-refractivity contribution < 1.29 is 4.79 Å². The maximum absolute atomic E-state index is 10.9. The van der Waals surface area contributed by atoms with Crippen LogP contribution in [0.3, 0.4) is 0 Å². The van der Waals surface area contributed by atoms with Gasteiger partial charge in [0.2, 0.25) is 11.0 Å². The smallest absolute Gasteiger partial charge is 0.210 e. The number of rotatable bonds is 4. The molecule has 2 rings (SSSR count). The SMILES string of the molecule is CC(=O)CSc1nnc(-c2cc(C)[nH]n2)n1N. The summed E-state index contributed by atoms with van der Waals surface area (Å²) in [6.45, 7) is 3.40. The maximum Gasteiger partial charge on any atom is 0.210 e. The molecule has 0 bridgehead atoms. The van der Waals surface area contributed by atoms with Crippen molar-refractivity contribution in [2.24, 2.45) is 0 Å². The number of aromatic nitrogens is 5. The molecule has 0 spiro atoms. The van der Waals surface area contributed by atoms with Gasteiger partial charge in [0.15, 0.2) is 0 Å². The van der Waals surface area contributed by atoms with Crippen molar-refractivity contribution in [3.63, 3.8) is 0 Å². The topological polar surface area (TPSA) is 102 Å². The van der Waals surface area contributed by atoms with Crippen LogP contribution in [-0.4, -0.2) is 36.6 Å². The highest BCUT2D eigenvalue weighted by Gasteiger charge is 2.14. The van der Waals surface area contributed by atoms with E-state index >= 15 is 0 Å². The number of nitrogens with one attached hydrogen (secondary N) is 1. The fraction of sp³-hybridized carbons (Fsp3) is 0.333. The summed E-state index contributed by atoms with van der Waals surface area (Å²) in [5.74, 6) is 6.70. The van der Waals surface area contributed by atoms with E-state index in [-0.39, 0.29) is 5.78 Å². The summed E-state index contributed by atoms with van der Waals surface area (Å²) in [6.07, 6.45) is 0. The molecule has 0 saturated carbocycles. The van der Waals surface area contributed by atoms with Gasteiger partial charge in [-0.1, -0.05) is 11.8 Å². The zero-order chi connectivity index (χ0) is 12.4. The highest BCUT2D eigenvalue weighted by Crippen LogP contribution is 2.20. The molecule has 17 heavy (non-hydrogen) atoms. The standard InChI is InChI=1S/C9H12N6OS/c1-5-3-7(12-11-5)8-13-14-9(15(8)10)17-4-6(2)16/h3H,4,10H2,1-2H3,(H,11,12). The van der Waals surface area contributed by atoms with Crippen LogP contribution in [-0.2, 0) is 4.79 Å². The third-order valence-corrected chi connectivity index (χ3v) is 3.09. The lowest BCUT2D eigenvalue weighted by atomic mass is 10.3. The van der Waals surface area contributed by atoms with Crippen LogP contribution in [0.25, 0.3) is 11.5 Å². The quantitative estimate of drug-likeness (QED) is 0.602. The van der Waals surface area contributed by atoms with Gasteiger partial charge in [-0.25, -0.2) is 4.68 Å². The van der Waals surface area contributed by atoms with E-state index in [1.165, 1.54) is 23.4 Å². The Bertz CT molecular complexity index is 545. The van der Waals surface area contributed by atoms with Crippen molar-refractivity contribution in [2.45, 2.75) is 19.0 Å². The van der Waals surface area contributed by atoms with E-state index in [2.05, 4.69) is 20.4 Å². The number of nitrogens with two attached hydrogens (primary N) is 1. The molecule has 90 valence electrons. The number of hydrogen-bond donors (Lipinski definition) is 2. The van der Waals surface area contributed by atoms with Gasteiger partial charge < -0.3 is 5.84 Å². The van der Waals surface area contributed by atoms with Crippen molar-refractivity contribution in [3.05, 3.63) is 11.8 Å². The van der Waals surface area contributed by atoms with Gasteiger partial charge in [-0.05, 0) is 19.9 Å². The Morgan fingerprint density at radius 2 is 2.35 bits per heavy atom. The van der Waals surface area contributed by atoms with Gasteiger partial charge >= 0.3 is 0 Å². The van der Waals surface area contributed by atoms with Crippen LogP contribution in [0.15, 0.2) is 11.2 Å². The molecular weight excluding hydrogens is 240 g/mol. The average molecular weight is 252 g/mol. The number of aryl methyl sites for hydroxylation is 1. The van der Waals surface area contributed by atoms with Crippen LogP contribution in [0, 0.1) is 6.92 Å². The summed E-state index contributed by atoms with van der Waals surface area (Å²) in [5.41, 5.74) is 1.55. The fourth-order valence-electron chi connectivity index (χ4n) is 1.25. The zero-order valence-electron chi connectivity index (χ0n) is 9.47. The van der Waals surface area contributed by atoms with Crippen LogP contribution in [0.2, 0.25) is 0 Å². The van der Waals surface area contributed by atoms with Gasteiger partial charge in [0, 0.05) is 5.69 Å². The lowest BCUT2D eigenvalue weighted by Gasteiger charge is -1.99. The van der Waals surface area contributed by atoms with Gasteiger partial charge in [0.1, 0.15) is 11.5 Å². The van der Waals surface area contributed by atoms with Crippen molar-refractivity contribution in [1.82, 2.24) is 25.1 Å². The molecule has 0 atom stereocenters. The van der Waals surface area contributed by atoms with Crippen LogP contribution >= 0.6 is 11.8 Å². The van der Waals surface area contributed by atoms with E-state index in [4.69, 9.17) is 5.84 Å². The molecular formula is C9H12N6OS. The molecule has 0 aliphatic carbocycles. The number of ketones is 1. The molecule has 0 saturated heterocycles. The van der Waals surface area contributed by atoms with Crippen molar-refractivity contribution in [2.75, 3.05) is 11.6 Å². The molecule has 2 heterocycles. The Hall–Kier alpha value is -1.83. The summed E-state index contributed by atoms with van der Waals surface area (Å²) >= 11 is 1.25. The lowest BCUT2D eigenvalue weighted by molar-refractivity contribution is -0.114. The average Bonchev–Trinajstić information content (AvgIpc) is 2.82. The number of carbonyl (C=O) groups excluding carboxylic acids is 1. The Morgan fingerprint density at radius 3 is 2.94 bits per heavy atom. The lowest BCUT2D eigenvalue weighted by Crippen LogP contribution is -2.12. The summed E-state index contributed by atoms with van der Waals surface area (Å²) in [7, 11) is 0. The summed E-state index contributed by atoms with van der Waals surface area (Å²) < 4.78 is 1.34. The second kappa shape index (κ2) is 4.58. The molecule has 0 radical (unpaired) electrons. The number of thioether (sulfide) groups is 1. The van der Waals surface area contributed by atoms with Crippen molar-refractivity contribution >= 4 is 17.5 Å². The number of carbonyl (C=O) groups is 1. The third kappa shape index (κ3) is 2.47. The molecule has 0 aliphatic rings. The molecule has 0 fully saturated rings. The Labute approximate surface area is 102 Å². The van der Waals surface area contributed by atoms with Gasteiger partial charge in [0.25, 0.3) is 0 Å². The van der Waals surface area contributed by atoms with Crippen molar-refractivity contribution in [3.8, 4) is 11.5 Å². The molecule has 7 nitrogen and oxygen atoms in total. The first-order valence-corrected chi connectivity index (χ1v) is 5.91. The first-order valence-electron chi connectivity index (χ1n) is 4.93. The third-order valence-electron chi connectivity index (χ3n) is 2.00. The molecule has 8 heteroatoms. The van der Waals surface area contributed by atoms with Gasteiger partial charge in [0.05, 0.1) is 5.75 Å². The normalized spacial score (nSPS) is 10.7. The molecule has 2 aromatic rings. The van der Waals surface area contributed by atoms with Gasteiger partial charge in [-0.15, -0.1) is 10.2 Å². The molecule has 0 aromatic carbocycles. The highest BCUT2D eigenvalue weighted by molar-refractivity contribution is 7.99. The number of Topliss-reactive ketones (excluding diaryl/α,β-unsaturated/α-hetero) is 1. The highest BCUT2D eigenvalue weighted by atomic mass is 32.2. The molecule has 0 aliphatic heterocycles. The monoisotopic (exact) mass is 252 g/mol. The van der Waals surface area contributed by atoms with Crippen LogP contribution in [0.5, 0.6) is 0 Å². The number of nitrogens with zero attached hydrogens (tertiary/aromatic N) is 4. The minimum Gasteiger partial charge on any atom is -0.335 e. The number of nitrogen functional groups attached to an aromatic ring is 1. The summed E-state index contributed by atoms with van der Waals surface area (Å²) in [6, 6.07) is 1.83. The fourth-order valence-corrected chi connectivity index (χ4v) is 1.91. The zero-order valence-corrected chi connectivity index (χ0v) is 10.3. The van der Waals surface area contributed by atoms with E-state index in [1.54, 1.807) is 0 Å². The van der Waals surface area contributed by atoms with E-state index in [9.17, 15) is 4.79 Å². The largest absolute Gasteiger partial charge is 0.335 e. The van der Waals surface area contributed by atoms with E-state index in [1.807, 2.05) is 13.0 Å². The molecule has 0 unspecified atom stereocenters. The first kappa shape index (κ1) is 11.6. The number of hydrogen-bond acceptors (Lipinski definition) is 6. The molecule has 0 amide bonds. The van der Waals surface area contributed by atoms with E-state index < -0.39 is 0 Å². The van der Waals surface area contributed by atoms with Gasteiger partial charge in [-0.2, -0.15) is 5.10 Å². The van der Waals surface area contributed by atoms with Crippen LogP contribution in [0.1, 0.15) is 12.6 Å². The predicted molar refractivity (Wildman–Crippen MR) is 63.9 cm³/mol. The predicted octanol–water partition coefficient (Wildman–Crippen LogP) is 0.372. The Balaban J connectivity index is 2.23. The minimum absolute atomic E-state index is 0.0650. The van der Waals surface area contributed by atoms with Gasteiger partial charge in [-0.3, -0.25) is 9.89 Å². The number of aromatic amines is 1. The Kier molecular flexibility index (Phi) is 3.14. The van der Waals surface area contributed by atoms with E-state index in [0.717, 1.165) is 5.69 Å². The Morgan fingerprint density at radius 1 is 1.59 bits per heavy atom. The first-order chi connectivity index (χ1) is 8.08. The second-order valence-electron chi connectivity index (χ2n) is 3.60. The molecule has 3 N–H and O–H groups in total.